The number of anilines is 2. The molecule has 3 unspecified atom stereocenters. The zero-order valence-corrected chi connectivity index (χ0v) is 16.2. The van der Waals surface area contributed by atoms with Crippen molar-refractivity contribution in [1.29, 1.82) is 0 Å². The van der Waals surface area contributed by atoms with Gasteiger partial charge in [-0.2, -0.15) is 0 Å². The normalized spacial score (nSPS) is 23.9. The maximum atomic E-state index is 13.5. The van der Waals surface area contributed by atoms with Crippen LogP contribution < -0.4 is 15.8 Å². The van der Waals surface area contributed by atoms with Gasteiger partial charge in [-0.3, -0.25) is 14.5 Å². The van der Waals surface area contributed by atoms with Gasteiger partial charge in [0.05, 0.1) is 23.6 Å². The second kappa shape index (κ2) is 8.33. The van der Waals surface area contributed by atoms with Crippen LogP contribution in [0.2, 0.25) is 0 Å². The molecule has 2 aliphatic heterocycles. The smallest absolute Gasteiger partial charge is 0.247 e. The van der Waals surface area contributed by atoms with Crippen LogP contribution in [-0.2, 0) is 9.59 Å². The Balaban J connectivity index is 1.58. The summed E-state index contributed by atoms with van der Waals surface area (Å²) in [6.07, 6.45) is 1.73. The van der Waals surface area contributed by atoms with Gasteiger partial charge in [-0.25, -0.2) is 19.2 Å². The Hall–Kier alpha value is -3.10. The lowest BCUT2D eigenvalue weighted by molar-refractivity contribution is -0.125. The molecule has 2 aromatic rings. The quantitative estimate of drug-likeness (QED) is 0.741. The van der Waals surface area contributed by atoms with E-state index >= 15 is 0 Å². The molecule has 0 bridgehead atoms. The number of hydrogen-bond acceptors (Lipinski definition) is 4. The van der Waals surface area contributed by atoms with E-state index in [0.717, 1.165) is 12.1 Å². The maximum Gasteiger partial charge on any atom is 0.247 e. The summed E-state index contributed by atoms with van der Waals surface area (Å²) < 4.78 is 26.7. The Labute approximate surface area is 173 Å². The predicted octanol–water partition coefficient (Wildman–Crippen LogP) is 2.56. The summed E-state index contributed by atoms with van der Waals surface area (Å²) in [7, 11) is 0. The molecule has 2 heterocycles. The van der Waals surface area contributed by atoms with Crippen LogP contribution in [0.4, 0.5) is 20.2 Å². The third kappa shape index (κ3) is 3.83. The van der Waals surface area contributed by atoms with E-state index in [4.69, 9.17) is 0 Å². The Morgan fingerprint density at radius 3 is 2.63 bits per heavy atom. The lowest BCUT2D eigenvalue weighted by atomic mass is 9.84. The first kappa shape index (κ1) is 20.2. The largest absolute Gasteiger partial charge is 0.326 e. The highest BCUT2D eigenvalue weighted by atomic mass is 19.2. The molecule has 3 atom stereocenters. The lowest BCUT2D eigenvalue weighted by Crippen LogP contribution is -2.56. The first-order valence-corrected chi connectivity index (χ1v) is 9.72. The number of carbonyl (C=O) groups excluding carboxylic acids is 2. The van der Waals surface area contributed by atoms with E-state index in [1.807, 2.05) is 35.2 Å². The molecule has 2 aliphatic rings. The highest BCUT2D eigenvalue weighted by molar-refractivity contribution is 6.00. The molecule has 2 fully saturated rings. The molecule has 2 N–H and O–H groups in total. The Morgan fingerprint density at radius 1 is 1.17 bits per heavy atom. The number of hydrogen-bond donors (Lipinski definition) is 2. The minimum absolute atomic E-state index is 0.106. The summed E-state index contributed by atoms with van der Waals surface area (Å²) in [5.74, 6) is -3.48. The van der Waals surface area contributed by atoms with Crippen LogP contribution in [0.25, 0.3) is 0 Å². The van der Waals surface area contributed by atoms with Crippen molar-refractivity contribution in [1.82, 2.24) is 10.3 Å². The van der Waals surface area contributed by atoms with E-state index in [1.165, 1.54) is 11.1 Å². The number of likely N-dealkylation sites (tertiary alicyclic amines) is 1. The summed E-state index contributed by atoms with van der Waals surface area (Å²) in [6.45, 7) is 5.19. The fourth-order valence-electron chi connectivity index (χ4n) is 4.09. The highest BCUT2D eigenvalue weighted by Crippen LogP contribution is 2.32. The summed E-state index contributed by atoms with van der Waals surface area (Å²) in [5.41, 5.74) is 4.06. The maximum absolute atomic E-state index is 13.5. The standard InChI is InChI=1S/C22H22F2N4O2/c1-2-10-27-12-16(21(29)25-14-8-9-18(23)19(24)11-14)20-17(13-27)22(30)28(26-20)15-6-4-3-5-7-15/h2-9,11,16-17,20,26H,1,10,12-13H2,(H,25,29). The van der Waals surface area contributed by atoms with Crippen molar-refractivity contribution in [3.63, 3.8) is 0 Å². The zero-order valence-electron chi connectivity index (χ0n) is 16.2. The van der Waals surface area contributed by atoms with E-state index in [0.29, 0.717) is 25.3 Å². The molecule has 30 heavy (non-hydrogen) atoms. The van der Waals surface area contributed by atoms with Crippen LogP contribution in [0, 0.1) is 23.5 Å². The van der Waals surface area contributed by atoms with Crippen molar-refractivity contribution in [3.05, 3.63) is 72.8 Å². The first-order valence-electron chi connectivity index (χ1n) is 9.72. The Morgan fingerprint density at radius 2 is 1.93 bits per heavy atom. The van der Waals surface area contributed by atoms with Crippen LogP contribution in [0.3, 0.4) is 0 Å². The van der Waals surface area contributed by atoms with Gasteiger partial charge in [0.2, 0.25) is 11.8 Å². The molecular weight excluding hydrogens is 390 g/mol. The summed E-state index contributed by atoms with van der Waals surface area (Å²) >= 11 is 0. The van der Waals surface area contributed by atoms with Crippen molar-refractivity contribution < 1.29 is 18.4 Å². The first-order chi connectivity index (χ1) is 14.5. The summed E-state index contributed by atoms with van der Waals surface area (Å²) in [6, 6.07) is 12.0. The second-order valence-electron chi connectivity index (χ2n) is 7.50. The number of benzene rings is 2. The molecule has 0 aromatic heterocycles. The third-order valence-corrected chi connectivity index (χ3v) is 5.52. The number of nitrogens with one attached hydrogen (secondary N) is 2. The number of rotatable bonds is 5. The Bertz CT molecular complexity index is 969. The van der Waals surface area contributed by atoms with Crippen molar-refractivity contribution in [2.24, 2.45) is 11.8 Å². The fourth-order valence-corrected chi connectivity index (χ4v) is 4.09. The van der Waals surface area contributed by atoms with Crippen LogP contribution in [0.5, 0.6) is 0 Å². The molecule has 6 nitrogen and oxygen atoms in total. The number of carbonyl (C=O) groups is 2. The van der Waals surface area contributed by atoms with E-state index < -0.39 is 29.5 Å². The molecule has 2 saturated heterocycles. The topological polar surface area (TPSA) is 64.7 Å². The molecular formula is C22H22F2N4O2. The molecule has 0 radical (unpaired) electrons. The molecule has 0 saturated carbocycles. The van der Waals surface area contributed by atoms with Crippen LogP contribution in [-0.4, -0.2) is 42.4 Å². The van der Waals surface area contributed by atoms with Gasteiger partial charge in [0, 0.05) is 31.4 Å². The van der Waals surface area contributed by atoms with Gasteiger partial charge >= 0.3 is 0 Å². The van der Waals surface area contributed by atoms with E-state index in [2.05, 4.69) is 17.3 Å². The number of nitrogens with zero attached hydrogens (tertiary/aromatic N) is 2. The number of hydrazine groups is 1. The number of piperidine rings is 1. The molecule has 8 heteroatoms. The zero-order chi connectivity index (χ0) is 21.3. The highest BCUT2D eigenvalue weighted by Gasteiger charge is 2.50. The molecule has 0 aliphatic carbocycles. The van der Waals surface area contributed by atoms with Crippen LogP contribution in [0.1, 0.15) is 0 Å². The van der Waals surface area contributed by atoms with Crippen LogP contribution >= 0.6 is 0 Å². The molecule has 156 valence electrons. The monoisotopic (exact) mass is 412 g/mol. The molecule has 2 amide bonds. The summed E-state index contributed by atoms with van der Waals surface area (Å²) in [5, 5.41) is 4.15. The summed E-state index contributed by atoms with van der Waals surface area (Å²) in [4.78, 5) is 28.1. The van der Waals surface area contributed by atoms with Gasteiger partial charge < -0.3 is 5.32 Å². The second-order valence-corrected chi connectivity index (χ2v) is 7.50. The predicted molar refractivity (Wildman–Crippen MR) is 109 cm³/mol. The number of amides is 2. The lowest BCUT2D eigenvalue weighted by Gasteiger charge is -2.37. The number of halogens is 2. The number of fused-ring (bicyclic) bond motifs is 1. The average Bonchev–Trinajstić information content (AvgIpc) is 3.08. The minimum Gasteiger partial charge on any atom is -0.326 e. The van der Waals surface area contributed by atoms with Gasteiger partial charge in [0.25, 0.3) is 0 Å². The third-order valence-electron chi connectivity index (χ3n) is 5.52. The van der Waals surface area contributed by atoms with Crippen molar-refractivity contribution in [3.8, 4) is 0 Å². The van der Waals surface area contributed by atoms with E-state index in [1.54, 1.807) is 6.08 Å². The van der Waals surface area contributed by atoms with Gasteiger partial charge in [-0.05, 0) is 24.3 Å². The molecule has 0 spiro atoms. The average molecular weight is 412 g/mol. The molecule has 2 aromatic carbocycles. The van der Waals surface area contributed by atoms with Gasteiger partial charge in [0.1, 0.15) is 0 Å². The van der Waals surface area contributed by atoms with E-state index in [-0.39, 0.29) is 17.5 Å². The van der Waals surface area contributed by atoms with Crippen molar-refractivity contribution in [2.75, 3.05) is 30.0 Å². The van der Waals surface area contributed by atoms with E-state index in [9.17, 15) is 18.4 Å². The van der Waals surface area contributed by atoms with Crippen molar-refractivity contribution in [2.45, 2.75) is 6.04 Å². The minimum atomic E-state index is -1.04. The molecule has 4 rings (SSSR count). The van der Waals surface area contributed by atoms with Crippen LogP contribution in [0.15, 0.2) is 61.2 Å². The Kier molecular flexibility index (Phi) is 5.61. The van der Waals surface area contributed by atoms with Gasteiger partial charge in [0.15, 0.2) is 11.6 Å². The van der Waals surface area contributed by atoms with Crippen molar-refractivity contribution >= 4 is 23.2 Å². The van der Waals surface area contributed by atoms with Gasteiger partial charge in [-0.1, -0.05) is 24.3 Å². The SMILES string of the molecule is C=CCN1CC(C(=O)Nc2ccc(F)c(F)c2)C2NN(c3ccccc3)C(=O)C2C1. The van der Waals surface area contributed by atoms with Gasteiger partial charge in [-0.15, -0.1) is 6.58 Å². The number of para-hydroxylation sites is 1. The fraction of sp³-hybridized carbons (Fsp3) is 0.273.